The molecule has 0 aliphatic heterocycles. The number of hydrogen-bond donors (Lipinski definition) is 1. The third-order valence-corrected chi connectivity index (χ3v) is 3.08. The Labute approximate surface area is 117 Å². The van der Waals surface area contributed by atoms with E-state index in [0.29, 0.717) is 6.54 Å². The van der Waals surface area contributed by atoms with Crippen molar-refractivity contribution in [3.05, 3.63) is 18.0 Å². The van der Waals surface area contributed by atoms with Crippen LogP contribution in [0.2, 0.25) is 0 Å². The first-order chi connectivity index (χ1) is 9.11. The van der Waals surface area contributed by atoms with Crippen molar-refractivity contribution in [1.29, 1.82) is 0 Å². The van der Waals surface area contributed by atoms with Crippen molar-refractivity contribution in [1.82, 2.24) is 14.7 Å². The van der Waals surface area contributed by atoms with Gasteiger partial charge in [0.2, 0.25) is 0 Å². The highest BCUT2D eigenvalue weighted by atomic mass is 19.4. The van der Waals surface area contributed by atoms with Crippen LogP contribution in [0, 0.1) is 0 Å². The summed E-state index contributed by atoms with van der Waals surface area (Å²) in [4.78, 5) is 2.08. The topological polar surface area (TPSA) is 41.3 Å². The van der Waals surface area contributed by atoms with Crippen molar-refractivity contribution in [2.75, 3.05) is 6.54 Å². The zero-order chi connectivity index (χ0) is 15.5. The molecule has 0 aliphatic carbocycles. The number of aromatic nitrogens is 2. The fourth-order valence-electron chi connectivity index (χ4n) is 2.15. The van der Waals surface area contributed by atoms with Gasteiger partial charge in [-0.3, -0.25) is 9.58 Å². The summed E-state index contributed by atoms with van der Waals surface area (Å²) < 4.78 is 38.4. The van der Waals surface area contributed by atoms with Crippen molar-refractivity contribution in [2.45, 2.75) is 58.6 Å². The lowest BCUT2D eigenvalue weighted by Gasteiger charge is -2.32. The monoisotopic (exact) mass is 293 g/mol. The van der Waals surface area contributed by atoms with Gasteiger partial charge < -0.3 is 5.11 Å². The molecule has 0 aromatic carbocycles. The first-order valence-corrected chi connectivity index (χ1v) is 6.65. The Morgan fingerprint density at radius 3 is 2.20 bits per heavy atom. The van der Waals surface area contributed by atoms with Crippen molar-refractivity contribution in [3.63, 3.8) is 0 Å². The molecule has 1 N–H and O–H groups in total. The maximum Gasteiger partial charge on any atom is 0.435 e. The number of aliphatic hydroxyl groups excluding tert-OH is 1. The summed E-state index contributed by atoms with van der Waals surface area (Å²) in [6.07, 6.45) is -3.97. The van der Waals surface area contributed by atoms with E-state index in [1.54, 1.807) is 0 Å². The van der Waals surface area contributed by atoms with E-state index < -0.39 is 18.0 Å². The molecule has 0 saturated heterocycles. The van der Waals surface area contributed by atoms with E-state index in [-0.39, 0.29) is 18.6 Å². The Morgan fingerprint density at radius 1 is 1.25 bits per heavy atom. The average molecular weight is 293 g/mol. The van der Waals surface area contributed by atoms with Gasteiger partial charge in [0.15, 0.2) is 5.69 Å². The minimum Gasteiger partial charge on any atom is -0.390 e. The summed E-state index contributed by atoms with van der Waals surface area (Å²) >= 11 is 0. The third-order valence-electron chi connectivity index (χ3n) is 3.08. The molecule has 1 rings (SSSR count). The molecule has 4 nitrogen and oxygen atoms in total. The van der Waals surface area contributed by atoms with Gasteiger partial charge in [-0.05, 0) is 33.8 Å². The lowest BCUT2D eigenvalue weighted by atomic mass is 10.2. The second-order valence-corrected chi connectivity index (χ2v) is 5.46. The smallest absolute Gasteiger partial charge is 0.390 e. The van der Waals surface area contributed by atoms with E-state index in [9.17, 15) is 18.3 Å². The van der Waals surface area contributed by atoms with Gasteiger partial charge in [0.25, 0.3) is 0 Å². The zero-order valence-electron chi connectivity index (χ0n) is 12.2. The van der Waals surface area contributed by atoms with Gasteiger partial charge in [-0.15, -0.1) is 0 Å². The van der Waals surface area contributed by atoms with Crippen molar-refractivity contribution in [3.8, 4) is 0 Å². The number of hydrogen-bond acceptors (Lipinski definition) is 3. The molecule has 1 atom stereocenters. The predicted octanol–water partition coefficient (Wildman–Crippen LogP) is 2.38. The molecular formula is C13H22F3N3O. The number of nitrogens with zero attached hydrogens (tertiary/aromatic N) is 3. The summed E-state index contributed by atoms with van der Waals surface area (Å²) in [5.74, 6) is 0. The zero-order valence-corrected chi connectivity index (χ0v) is 12.2. The fraction of sp³-hybridized carbons (Fsp3) is 0.769. The van der Waals surface area contributed by atoms with Crippen LogP contribution in [0.4, 0.5) is 13.2 Å². The standard InChI is InChI=1S/C13H22F3N3O/c1-9(2)19(10(3)4)8-11(20)7-18-6-5-12(17-18)13(14,15)16/h5-6,9-11,20H,7-8H2,1-4H3. The number of halogens is 3. The van der Waals surface area contributed by atoms with E-state index in [1.807, 2.05) is 27.7 Å². The van der Waals surface area contributed by atoms with E-state index >= 15 is 0 Å². The Morgan fingerprint density at radius 2 is 1.80 bits per heavy atom. The third kappa shape index (κ3) is 4.79. The predicted molar refractivity (Wildman–Crippen MR) is 70.2 cm³/mol. The highest BCUT2D eigenvalue weighted by Gasteiger charge is 2.33. The number of rotatable bonds is 6. The molecule has 116 valence electrons. The van der Waals surface area contributed by atoms with Gasteiger partial charge in [-0.2, -0.15) is 18.3 Å². The second kappa shape index (κ2) is 6.58. The van der Waals surface area contributed by atoms with Crippen LogP contribution in [0.25, 0.3) is 0 Å². The van der Waals surface area contributed by atoms with Crippen molar-refractivity contribution < 1.29 is 18.3 Å². The Bertz CT molecular complexity index is 407. The van der Waals surface area contributed by atoms with Crippen LogP contribution in [0.1, 0.15) is 33.4 Å². The molecule has 0 fully saturated rings. The summed E-state index contributed by atoms with van der Waals surface area (Å²) in [6, 6.07) is 1.43. The minimum absolute atomic E-state index is 0.0476. The van der Waals surface area contributed by atoms with Crippen LogP contribution in [0.5, 0.6) is 0 Å². The molecule has 0 radical (unpaired) electrons. The maximum atomic E-state index is 12.4. The average Bonchev–Trinajstić information content (AvgIpc) is 2.73. The summed E-state index contributed by atoms with van der Waals surface area (Å²) in [7, 11) is 0. The van der Waals surface area contributed by atoms with Gasteiger partial charge in [-0.25, -0.2) is 0 Å². The van der Waals surface area contributed by atoms with Gasteiger partial charge in [0.05, 0.1) is 12.6 Å². The number of aliphatic hydroxyl groups is 1. The molecule has 1 aromatic heterocycles. The largest absolute Gasteiger partial charge is 0.435 e. The first-order valence-electron chi connectivity index (χ1n) is 6.65. The van der Waals surface area contributed by atoms with E-state index in [4.69, 9.17) is 0 Å². The van der Waals surface area contributed by atoms with Gasteiger partial charge in [0, 0.05) is 24.8 Å². The van der Waals surface area contributed by atoms with Crippen LogP contribution in [0.3, 0.4) is 0 Å². The van der Waals surface area contributed by atoms with Crippen LogP contribution in [-0.4, -0.2) is 44.5 Å². The van der Waals surface area contributed by atoms with Crippen LogP contribution in [-0.2, 0) is 12.7 Å². The van der Waals surface area contributed by atoms with Gasteiger partial charge in [-0.1, -0.05) is 0 Å². The molecule has 0 saturated carbocycles. The molecule has 1 heterocycles. The highest BCUT2D eigenvalue weighted by Crippen LogP contribution is 2.27. The molecule has 0 amide bonds. The minimum atomic E-state index is -4.45. The Hall–Kier alpha value is -1.08. The highest BCUT2D eigenvalue weighted by molar-refractivity contribution is 5.03. The van der Waals surface area contributed by atoms with E-state index in [2.05, 4.69) is 10.00 Å². The molecule has 0 aliphatic rings. The normalized spacial score (nSPS) is 14.6. The molecule has 0 spiro atoms. The molecular weight excluding hydrogens is 271 g/mol. The van der Waals surface area contributed by atoms with Crippen molar-refractivity contribution in [2.24, 2.45) is 0 Å². The maximum absolute atomic E-state index is 12.4. The molecule has 1 aromatic rings. The number of alkyl halides is 3. The van der Waals surface area contributed by atoms with Crippen LogP contribution >= 0.6 is 0 Å². The first kappa shape index (κ1) is 17.0. The van der Waals surface area contributed by atoms with Gasteiger partial charge >= 0.3 is 6.18 Å². The molecule has 0 bridgehead atoms. The Balaban J connectivity index is 2.62. The van der Waals surface area contributed by atoms with Gasteiger partial charge in [0.1, 0.15) is 0 Å². The van der Waals surface area contributed by atoms with E-state index in [1.165, 1.54) is 6.20 Å². The molecule has 20 heavy (non-hydrogen) atoms. The Kier molecular flexibility index (Phi) is 5.59. The summed E-state index contributed by atoms with van der Waals surface area (Å²) in [5, 5.41) is 13.4. The lowest BCUT2D eigenvalue weighted by Crippen LogP contribution is -2.43. The van der Waals surface area contributed by atoms with Crippen molar-refractivity contribution >= 4 is 0 Å². The SMILES string of the molecule is CC(C)N(CC(O)Cn1ccc(C(F)(F)F)n1)C(C)C. The quantitative estimate of drug-likeness (QED) is 0.875. The van der Waals surface area contributed by atoms with Crippen LogP contribution < -0.4 is 0 Å². The lowest BCUT2D eigenvalue weighted by molar-refractivity contribution is -0.141. The summed E-state index contributed by atoms with van der Waals surface area (Å²) in [6.45, 7) is 8.51. The van der Waals surface area contributed by atoms with E-state index in [0.717, 1.165) is 10.7 Å². The summed E-state index contributed by atoms with van der Waals surface area (Å²) in [5.41, 5.74) is -0.936. The van der Waals surface area contributed by atoms with Crippen LogP contribution in [0.15, 0.2) is 12.3 Å². The molecule has 7 heteroatoms. The second-order valence-electron chi connectivity index (χ2n) is 5.46. The fourth-order valence-corrected chi connectivity index (χ4v) is 2.15. The molecule has 1 unspecified atom stereocenters.